The molecule has 4 heterocycles. The summed E-state index contributed by atoms with van der Waals surface area (Å²) in [5, 5.41) is 4.57. The van der Waals surface area contributed by atoms with Gasteiger partial charge in [-0.05, 0) is 50.6 Å². The molecule has 4 rings (SSSR count). The number of aromatic nitrogens is 5. The molecule has 0 spiro atoms. The van der Waals surface area contributed by atoms with Gasteiger partial charge in [-0.1, -0.05) is 0 Å². The summed E-state index contributed by atoms with van der Waals surface area (Å²) in [6.07, 6.45) is 7.45. The molecule has 1 unspecified atom stereocenters. The maximum Gasteiger partial charge on any atom is 0.266 e. The molecule has 3 aromatic heterocycles. The van der Waals surface area contributed by atoms with Gasteiger partial charge in [-0.15, -0.1) is 0 Å². The first-order chi connectivity index (χ1) is 13.2. The molecule has 1 fully saturated rings. The summed E-state index contributed by atoms with van der Waals surface area (Å²) in [5.41, 5.74) is 2.61. The van der Waals surface area contributed by atoms with Crippen LogP contribution >= 0.6 is 0 Å². The smallest absolute Gasteiger partial charge is 0.266 e. The van der Waals surface area contributed by atoms with E-state index in [0.29, 0.717) is 6.54 Å². The summed E-state index contributed by atoms with van der Waals surface area (Å²) in [4.78, 5) is 27.5. The first-order valence-electron chi connectivity index (χ1n) is 9.20. The fourth-order valence-electron chi connectivity index (χ4n) is 3.56. The Labute approximate surface area is 157 Å². The van der Waals surface area contributed by atoms with Crippen LogP contribution in [0.1, 0.15) is 24.4 Å². The van der Waals surface area contributed by atoms with Crippen molar-refractivity contribution in [2.24, 2.45) is 0 Å². The van der Waals surface area contributed by atoms with Crippen molar-refractivity contribution in [3.63, 3.8) is 0 Å². The topological polar surface area (TPSA) is 76.8 Å². The molecular formula is C20H22N6O. The van der Waals surface area contributed by atoms with Gasteiger partial charge < -0.3 is 0 Å². The van der Waals surface area contributed by atoms with Crippen LogP contribution in [0, 0.1) is 6.92 Å². The molecule has 1 saturated heterocycles. The van der Waals surface area contributed by atoms with E-state index < -0.39 is 0 Å². The zero-order valence-corrected chi connectivity index (χ0v) is 15.3. The molecule has 7 heteroatoms. The molecule has 1 atom stereocenters. The van der Waals surface area contributed by atoms with Crippen LogP contribution in [0.5, 0.6) is 0 Å². The highest BCUT2D eigenvalue weighted by molar-refractivity contribution is 5.56. The summed E-state index contributed by atoms with van der Waals surface area (Å²) in [7, 11) is 0. The van der Waals surface area contributed by atoms with Gasteiger partial charge >= 0.3 is 0 Å². The molecule has 1 aliphatic heterocycles. The van der Waals surface area contributed by atoms with E-state index >= 15 is 0 Å². The third-order valence-electron chi connectivity index (χ3n) is 4.91. The first-order valence-corrected chi connectivity index (χ1v) is 9.20. The lowest BCUT2D eigenvalue weighted by Crippen LogP contribution is -2.36. The van der Waals surface area contributed by atoms with Gasteiger partial charge in [0.25, 0.3) is 5.56 Å². The van der Waals surface area contributed by atoms with Gasteiger partial charge in [-0.2, -0.15) is 5.10 Å². The van der Waals surface area contributed by atoms with Crippen LogP contribution in [0.4, 0.5) is 0 Å². The predicted molar refractivity (Wildman–Crippen MR) is 102 cm³/mol. The van der Waals surface area contributed by atoms with E-state index in [-0.39, 0.29) is 11.6 Å². The van der Waals surface area contributed by atoms with Gasteiger partial charge in [0.15, 0.2) is 0 Å². The average molecular weight is 362 g/mol. The van der Waals surface area contributed by atoms with E-state index in [1.807, 2.05) is 25.1 Å². The van der Waals surface area contributed by atoms with E-state index in [1.54, 1.807) is 35.4 Å². The highest BCUT2D eigenvalue weighted by Crippen LogP contribution is 2.21. The third kappa shape index (κ3) is 4.09. The lowest BCUT2D eigenvalue weighted by Gasteiger charge is -2.24. The minimum Gasteiger partial charge on any atom is -0.293 e. The molecule has 0 aliphatic carbocycles. The Morgan fingerprint density at radius 1 is 1.19 bits per heavy atom. The van der Waals surface area contributed by atoms with Gasteiger partial charge in [0, 0.05) is 42.8 Å². The molecule has 0 saturated carbocycles. The zero-order valence-electron chi connectivity index (χ0n) is 15.3. The second-order valence-electron chi connectivity index (χ2n) is 6.84. The highest BCUT2D eigenvalue weighted by atomic mass is 16.1. The lowest BCUT2D eigenvalue weighted by molar-refractivity contribution is 0.214. The van der Waals surface area contributed by atoms with Gasteiger partial charge in [-0.3, -0.25) is 14.7 Å². The normalized spacial score (nSPS) is 17.3. The summed E-state index contributed by atoms with van der Waals surface area (Å²) >= 11 is 0. The number of rotatable bonds is 5. The summed E-state index contributed by atoms with van der Waals surface area (Å²) in [6.45, 7) is 4.26. The minimum absolute atomic E-state index is 0.0765. The van der Waals surface area contributed by atoms with Gasteiger partial charge in [-0.25, -0.2) is 14.6 Å². The molecule has 0 N–H and O–H groups in total. The number of nitrogens with zero attached hydrogens (tertiary/aromatic N) is 6. The number of aryl methyl sites for hydroxylation is 1. The molecule has 27 heavy (non-hydrogen) atoms. The van der Waals surface area contributed by atoms with Crippen molar-refractivity contribution in [1.82, 2.24) is 29.6 Å². The average Bonchev–Trinajstić information content (AvgIpc) is 3.11. The van der Waals surface area contributed by atoms with Crippen LogP contribution in [0.2, 0.25) is 0 Å². The van der Waals surface area contributed by atoms with E-state index in [4.69, 9.17) is 0 Å². The van der Waals surface area contributed by atoms with Crippen LogP contribution in [0.15, 0.2) is 53.7 Å². The van der Waals surface area contributed by atoms with E-state index in [2.05, 4.69) is 25.0 Å². The summed E-state index contributed by atoms with van der Waals surface area (Å²) in [5.74, 6) is 0.783. The monoisotopic (exact) mass is 362 g/mol. The molecule has 0 bridgehead atoms. The van der Waals surface area contributed by atoms with E-state index in [9.17, 15) is 4.79 Å². The Morgan fingerprint density at radius 3 is 2.93 bits per heavy atom. The Bertz CT molecular complexity index is 971. The lowest BCUT2D eigenvalue weighted by atomic mass is 10.2. The van der Waals surface area contributed by atoms with Crippen LogP contribution in [0.3, 0.4) is 0 Å². The summed E-state index contributed by atoms with van der Waals surface area (Å²) in [6, 6.07) is 9.39. The zero-order chi connectivity index (χ0) is 18.6. The molecular weight excluding hydrogens is 340 g/mol. The summed E-state index contributed by atoms with van der Waals surface area (Å²) < 4.78 is 1.58. The first kappa shape index (κ1) is 17.5. The second kappa shape index (κ2) is 7.75. The van der Waals surface area contributed by atoms with E-state index in [0.717, 1.165) is 48.7 Å². The SMILES string of the molecule is Cc1nccc(CN2CCCC2Cn2nc(-c3cccnc3)ccc2=O)n1. The van der Waals surface area contributed by atoms with Crippen molar-refractivity contribution in [2.45, 2.75) is 38.9 Å². The van der Waals surface area contributed by atoms with Crippen LogP contribution in [-0.4, -0.2) is 42.2 Å². The van der Waals surface area contributed by atoms with Crippen molar-refractivity contribution in [1.29, 1.82) is 0 Å². The fourth-order valence-corrected chi connectivity index (χ4v) is 3.56. The Balaban J connectivity index is 1.53. The minimum atomic E-state index is -0.0765. The Kier molecular flexibility index (Phi) is 5.02. The molecule has 138 valence electrons. The molecule has 0 radical (unpaired) electrons. The van der Waals surface area contributed by atoms with Crippen LogP contribution in [0.25, 0.3) is 11.3 Å². The molecule has 1 aliphatic rings. The van der Waals surface area contributed by atoms with Gasteiger partial charge in [0.1, 0.15) is 5.82 Å². The second-order valence-corrected chi connectivity index (χ2v) is 6.84. The van der Waals surface area contributed by atoms with Crippen molar-refractivity contribution in [3.05, 3.63) is 70.8 Å². The third-order valence-corrected chi connectivity index (χ3v) is 4.91. The van der Waals surface area contributed by atoms with Crippen molar-refractivity contribution >= 4 is 0 Å². The van der Waals surface area contributed by atoms with Crippen molar-refractivity contribution in [3.8, 4) is 11.3 Å². The molecule has 0 aromatic carbocycles. The largest absolute Gasteiger partial charge is 0.293 e. The molecule has 0 amide bonds. The van der Waals surface area contributed by atoms with Crippen molar-refractivity contribution < 1.29 is 0 Å². The maximum atomic E-state index is 12.3. The highest BCUT2D eigenvalue weighted by Gasteiger charge is 2.26. The van der Waals surface area contributed by atoms with Crippen LogP contribution < -0.4 is 5.56 Å². The van der Waals surface area contributed by atoms with E-state index in [1.165, 1.54) is 0 Å². The maximum absolute atomic E-state index is 12.3. The number of hydrogen-bond acceptors (Lipinski definition) is 6. The fraction of sp³-hybridized carbons (Fsp3) is 0.350. The quantitative estimate of drug-likeness (QED) is 0.691. The molecule has 7 nitrogen and oxygen atoms in total. The van der Waals surface area contributed by atoms with Crippen LogP contribution in [-0.2, 0) is 13.1 Å². The standard InChI is InChI=1S/C20H22N6O/c1-15-22-10-8-17(23-15)13-25-11-3-5-18(25)14-26-20(27)7-6-19(24-26)16-4-2-9-21-12-16/h2,4,6-10,12,18H,3,5,11,13-14H2,1H3. The van der Waals surface area contributed by atoms with Gasteiger partial charge in [0.2, 0.25) is 0 Å². The number of likely N-dealkylation sites (tertiary alicyclic amines) is 1. The Hall–Kier alpha value is -2.93. The number of hydrogen-bond donors (Lipinski definition) is 0. The predicted octanol–water partition coefficient (Wildman–Crippen LogP) is 2.07. The molecule has 3 aromatic rings. The van der Waals surface area contributed by atoms with Gasteiger partial charge in [0.05, 0.1) is 17.9 Å². The van der Waals surface area contributed by atoms with Crippen molar-refractivity contribution in [2.75, 3.05) is 6.54 Å². The number of pyridine rings is 1. The Morgan fingerprint density at radius 2 is 2.11 bits per heavy atom.